The van der Waals surface area contributed by atoms with Crippen molar-refractivity contribution < 1.29 is 8.81 Å². The molecule has 4 nitrogen and oxygen atoms in total. The molecule has 0 radical (unpaired) electrons. The lowest BCUT2D eigenvalue weighted by atomic mass is 10.1. The third kappa shape index (κ3) is 3.04. The molecule has 0 bridgehead atoms. The first kappa shape index (κ1) is 12.1. The van der Waals surface area contributed by atoms with Crippen molar-refractivity contribution in [2.45, 2.75) is 24.4 Å². The summed E-state index contributed by atoms with van der Waals surface area (Å²) in [6.45, 7) is 1.94. The van der Waals surface area contributed by atoms with Crippen LogP contribution in [0.15, 0.2) is 27.8 Å². The lowest BCUT2D eigenvalue weighted by Crippen LogP contribution is -2.00. The first-order valence-corrected chi connectivity index (χ1v) is 6.08. The van der Waals surface area contributed by atoms with Crippen LogP contribution in [0.2, 0.25) is 0 Å². The predicted octanol–water partition coefficient (Wildman–Crippen LogP) is 2.27. The van der Waals surface area contributed by atoms with Gasteiger partial charge in [-0.1, -0.05) is 23.9 Å². The Balaban J connectivity index is 2.04. The second kappa shape index (κ2) is 5.29. The standard InChI is InChI=1S/C11H12FN3OS/c1-7-14-15-11(16-7)17-6-8-2-3-10(12)9(4-8)5-13/h2-4H,5-6,13H2,1H3. The van der Waals surface area contributed by atoms with Gasteiger partial charge < -0.3 is 10.2 Å². The summed E-state index contributed by atoms with van der Waals surface area (Å²) in [5.74, 6) is 0.915. The quantitative estimate of drug-likeness (QED) is 0.847. The maximum absolute atomic E-state index is 13.2. The Hall–Kier alpha value is -1.40. The van der Waals surface area contributed by atoms with E-state index in [1.807, 2.05) is 0 Å². The smallest absolute Gasteiger partial charge is 0.276 e. The molecule has 17 heavy (non-hydrogen) atoms. The predicted molar refractivity (Wildman–Crippen MR) is 62.9 cm³/mol. The van der Waals surface area contributed by atoms with Gasteiger partial charge in [-0.15, -0.1) is 10.2 Å². The van der Waals surface area contributed by atoms with Gasteiger partial charge in [-0.25, -0.2) is 4.39 Å². The highest BCUT2D eigenvalue weighted by atomic mass is 32.2. The molecule has 0 saturated carbocycles. The molecular weight excluding hydrogens is 241 g/mol. The van der Waals surface area contributed by atoms with Crippen LogP contribution in [0.25, 0.3) is 0 Å². The average Bonchev–Trinajstić information content (AvgIpc) is 2.74. The number of rotatable bonds is 4. The molecular formula is C11H12FN3OS. The van der Waals surface area contributed by atoms with Crippen molar-refractivity contribution in [1.82, 2.24) is 10.2 Å². The average molecular weight is 253 g/mol. The maximum atomic E-state index is 13.2. The van der Waals surface area contributed by atoms with E-state index in [0.29, 0.717) is 22.4 Å². The summed E-state index contributed by atoms with van der Waals surface area (Å²) in [6, 6.07) is 4.91. The van der Waals surface area contributed by atoms with Gasteiger partial charge in [0.1, 0.15) is 5.82 Å². The van der Waals surface area contributed by atoms with Crippen LogP contribution >= 0.6 is 11.8 Å². The zero-order chi connectivity index (χ0) is 12.3. The van der Waals surface area contributed by atoms with Gasteiger partial charge in [0.05, 0.1) is 0 Å². The number of hydrogen-bond acceptors (Lipinski definition) is 5. The van der Waals surface area contributed by atoms with Crippen LogP contribution < -0.4 is 5.73 Å². The second-order valence-electron chi connectivity index (χ2n) is 3.51. The number of halogens is 1. The zero-order valence-electron chi connectivity index (χ0n) is 9.31. The van der Waals surface area contributed by atoms with Crippen molar-refractivity contribution in [3.8, 4) is 0 Å². The molecule has 0 saturated heterocycles. The normalized spacial score (nSPS) is 10.8. The van der Waals surface area contributed by atoms with Crippen LogP contribution in [0.1, 0.15) is 17.0 Å². The van der Waals surface area contributed by atoms with E-state index in [0.717, 1.165) is 5.56 Å². The second-order valence-corrected chi connectivity index (χ2v) is 4.43. The lowest BCUT2D eigenvalue weighted by Gasteiger charge is -2.03. The number of benzene rings is 1. The Labute approximate surface area is 102 Å². The van der Waals surface area contributed by atoms with E-state index >= 15 is 0 Å². The number of aryl methyl sites for hydroxylation is 1. The number of aromatic nitrogens is 2. The molecule has 0 amide bonds. The molecule has 1 aromatic carbocycles. The van der Waals surface area contributed by atoms with Crippen molar-refractivity contribution >= 4 is 11.8 Å². The van der Waals surface area contributed by atoms with Gasteiger partial charge in [-0.05, 0) is 11.6 Å². The van der Waals surface area contributed by atoms with Crippen molar-refractivity contribution in [2.75, 3.05) is 0 Å². The number of hydrogen-bond donors (Lipinski definition) is 1. The van der Waals surface area contributed by atoms with Gasteiger partial charge in [-0.3, -0.25) is 0 Å². The summed E-state index contributed by atoms with van der Waals surface area (Å²) < 4.78 is 18.4. The molecule has 2 rings (SSSR count). The Morgan fingerprint density at radius 3 is 2.88 bits per heavy atom. The van der Waals surface area contributed by atoms with Crippen LogP contribution in [-0.2, 0) is 12.3 Å². The van der Waals surface area contributed by atoms with Crippen LogP contribution in [0.5, 0.6) is 0 Å². The number of nitrogens with two attached hydrogens (primary N) is 1. The Morgan fingerprint density at radius 2 is 2.24 bits per heavy atom. The van der Waals surface area contributed by atoms with Gasteiger partial charge in [0.25, 0.3) is 5.22 Å². The van der Waals surface area contributed by atoms with E-state index in [2.05, 4.69) is 10.2 Å². The van der Waals surface area contributed by atoms with Gasteiger partial charge in [0.15, 0.2) is 0 Å². The van der Waals surface area contributed by atoms with Crippen LogP contribution in [0.3, 0.4) is 0 Å². The van der Waals surface area contributed by atoms with Gasteiger partial charge >= 0.3 is 0 Å². The third-order valence-electron chi connectivity index (χ3n) is 2.20. The molecule has 0 fully saturated rings. The Kier molecular flexibility index (Phi) is 3.75. The van der Waals surface area contributed by atoms with E-state index in [4.69, 9.17) is 10.2 Å². The van der Waals surface area contributed by atoms with Crippen molar-refractivity contribution in [3.05, 3.63) is 41.0 Å². The van der Waals surface area contributed by atoms with Crippen LogP contribution in [0, 0.1) is 12.7 Å². The minimum atomic E-state index is -0.269. The molecule has 6 heteroatoms. The molecule has 2 N–H and O–H groups in total. The first-order valence-electron chi connectivity index (χ1n) is 5.09. The SMILES string of the molecule is Cc1nnc(SCc2ccc(F)c(CN)c2)o1. The molecule has 0 aliphatic heterocycles. The fraction of sp³-hybridized carbons (Fsp3) is 0.273. The summed E-state index contributed by atoms with van der Waals surface area (Å²) in [7, 11) is 0. The van der Waals surface area contributed by atoms with Gasteiger partial charge in [-0.2, -0.15) is 0 Å². The molecule has 1 aromatic heterocycles. The fourth-order valence-corrected chi connectivity index (χ4v) is 2.10. The summed E-state index contributed by atoms with van der Waals surface area (Å²) in [5, 5.41) is 8.11. The Bertz CT molecular complexity index is 515. The molecule has 0 aliphatic rings. The van der Waals surface area contributed by atoms with E-state index in [9.17, 15) is 4.39 Å². The molecule has 0 spiro atoms. The molecule has 0 atom stereocenters. The summed E-state index contributed by atoms with van der Waals surface area (Å²) >= 11 is 1.42. The molecule has 0 aliphatic carbocycles. The van der Waals surface area contributed by atoms with Crippen LogP contribution in [-0.4, -0.2) is 10.2 Å². The largest absolute Gasteiger partial charge is 0.416 e. The van der Waals surface area contributed by atoms with Crippen molar-refractivity contribution in [2.24, 2.45) is 5.73 Å². The summed E-state index contributed by atoms with van der Waals surface area (Å²) in [4.78, 5) is 0. The van der Waals surface area contributed by atoms with Crippen LogP contribution in [0.4, 0.5) is 4.39 Å². The number of thioether (sulfide) groups is 1. The highest BCUT2D eigenvalue weighted by Gasteiger charge is 2.06. The van der Waals surface area contributed by atoms with Crippen molar-refractivity contribution in [3.63, 3.8) is 0 Å². The maximum Gasteiger partial charge on any atom is 0.276 e. The zero-order valence-corrected chi connectivity index (χ0v) is 10.1. The van der Waals surface area contributed by atoms with Gasteiger partial charge in [0, 0.05) is 24.8 Å². The monoisotopic (exact) mass is 253 g/mol. The molecule has 90 valence electrons. The summed E-state index contributed by atoms with van der Waals surface area (Å²) in [5.41, 5.74) is 6.94. The lowest BCUT2D eigenvalue weighted by molar-refractivity contribution is 0.429. The van der Waals surface area contributed by atoms with E-state index in [1.54, 1.807) is 19.1 Å². The minimum Gasteiger partial charge on any atom is -0.416 e. The highest BCUT2D eigenvalue weighted by Crippen LogP contribution is 2.22. The summed E-state index contributed by atoms with van der Waals surface area (Å²) in [6.07, 6.45) is 0. The number of nitrogens with zero attached hydrogens (tertiary/aromatic N) is 2. The highest BCUT2D eigenvalue weighted by molar-refractivity contribution is 7.98. The first-order chi connectivity index (χ1) is 8.19. The fourth-order valence-electron chi connectivity index (χ4n) is 1.36. The topological polar surface area (TPSA) is 64.9 Å². The molecule has 1 heterocycles. The molecule has 0 unspecified atom stereocenters. The van der Waals surface area contributed by atoms with Crippen molar-refractivity contribution in [1.29, 1.82) is 0 Å². The van der Waals surface area contributed by atoms with E-state index in [1.165, 1.54) is 17.8 Å². The molecule has 2 aromatic rings. The van der Waals surface area contributed by atoms with E-state index < -0.39 is 0 Å². The van der Waals surface area contributed by atoms with E-state index in [-0.39, 0.29) is 12.4 Å². The van der Waals surface area contributed by atoms with Gasteiger partial charge in [0.2, 0.25) is 5.89 Å². The Morgan fingerprint density at radius 1 is 1.41 bits per heavy atom. The third-order valence-corrected chi connectivity index (χ3v) is 3.09. The minimum absolute atomic E-state index is 0.198.